The zero-order valence-electron chi connectivity index (χ0n) is 11.1. The molecule has 0 saturated carbocycles. The molecular formula is C13H15F3N2O2S. The zero-order chi connectivity index (χ0) is 15.3. The van der Waals surface area contributed by atoms with E-state index in [0.717, 1.165) is 25.1 Å². The third-order valence-corrected chi connectivity index (χ3v) is 5.96. The van der Waals surface area contributed by atoms with Crippen LogP contribution >= 0.6 is 0 Å². The fourth-order valence-electron chi connectivity index (χ4n) is 2.99. The minimum absolute atomic E-state index is 0.116. The molecule has 2 heterocycles. The summed E-state index contributed by atoms with van der Waals surface area (Å²) in [5.41, 5.74) is -0.943. The van der Waals surface area contributed by atoms with Crippen LogP contribution in [0.1, 0.15) is 12.0 Å². The molecule has 0 bridgehead atoms. The second-order valence-electron chi connectivity index (χ2n) is 5.46. The van der Waals surface area contributed by atoms with E-state index in [4.69, 9.17) is 0 Å². The quantitative estimate of drug-likeness (QED) is 0.902. The molecule has 1 aromatic carbocycles. The molecule has 4 nitrogen and oxygen atoms in total. The molecule has 2 aliphatic rings. The van der Waals surface area contributed by atoms with Crippen molar-refractivity contribution in [2.45, 2.75) is 23.5 Å². The fourth-order valence-corrected chi connectivity index (χ4v) is 4.56. The average Bonchev–Trinajstić information content (AvgIpc) is 2.98. The Bertz CT molecular complexity index is 633. The maximum atomic E-state index is 12.7. The highest BCUT2D eigenvalue weighted by molar-refractivity contribution is 7.89. The van der Waals surface area contributed by atoms with Crippen LogP contribution in [0.3, 0.4) is 0 Å². The maximum absolute atomic E-state index is 12.7. The van der Waals surface area contributed by atoms with E-state index in [2.05, 4.69) is 5.32 Å². The standard InChI is InChI=1S/C13H15F3N2O2S/c14-13(15,16)10-2-1-3-11(6-10)21(19,20)18-7-9-4-5-17-12(9)8-18/h1-3,6,9,12,17H,4-5,7-8H2/t9-,12+/m0/s1. The van der Waals surface area contributed by atoms with Gasteiger partial charge in [0.1, 0.15) is 0 Å². The lowest BCUT2D eigenvalue weighted by Crippen LogP contribution is -2.34. The van der Waals surface area contributed by atoms with Crippen molar-refractivity contribution >= 4 is 10.0 Å². The number of nitrogens with one attached hydrogen (secondary N) is 1. The molecular weight excluding hydrogens is 305 g/mol. The SMILES string of the molecule is O=S(=O)(c1cccc(C(F)(F)F)c1)N1C[C@@H]2CCN[C@@H]2C1. The fraction of sp³-hybridized carbons (Fsp3) is 0.538. The number of rotatable bonds is 2. The topological polar surface area (TPSA) is 49.4 Å². The summed E-state index contributed by atoms with van der Waals surface area (Å²) in [6.07, 6.45) is -3.64. The molecule has 116 valence electrons. The third kappa shape index (κ3) is 2.67. The van der Waals surface area contributed by atoms with Crippen molar-refractivity contribution in [1.29, 1.82) is 0 Å². The van der Waals surface area contributed by atoms with E-state index < -0.39 is 21.8 Å². The van der Waals surface area contributed by atoms with Crippen molar-refractivity contribution in [1.82, 2.24) is 9.62 Å². The summed E-state index contributed by atoms with van der Waals surface area (Å²) in [5.74, 6) is 0.255. The van der Waals surface area contributed by atoms with Crippen LogP contribution in [0.25, 0.3) is 0 Å². The highest BCUT2D eigenvalue weighted by Gasteiger charge is 2.42. The molecule has 0 radical (unpaired) electrons. The van der Waals surface area contributed by atoms with Crippen LogP contribution < -0.4 is 5.32 Å². The highest BCUT2D eigenvalue weighted by Crippen LogP contribution is 2.33. The first-order valence-electron chi connectivity index (χ1n) is 6.69. The minimum Gasteiger partial charge on any atom is -0.312 e. The van der Waals surface area contributed by atoms with Gasteiger partial charge in [0.15, 0.2) is 0 Å². The Morgan fingerprint density at radius 1 is 1.24 bits per heavy atom. The second-order valence-corrected chi connectivity index (χ2v) is 7.39. The van der Waals surface area contributed by atoms with Crippen molar-refractivity contribution in [2.24, 2.45) is 5.92 Å². The van der Waals surface area contributed by atoms with Crippen LogP contribution in [0, 0.1) is 5.92 Å². The van der Waals surface area contributed by atoms with E-state index in [1.807, 2.05) is 0 Å². The largest absolute Gasteiger partial charge is 0.416 e. The van der Waals surface area contributed by atoms with Crippen LogP contribution in [0.2, 0.25) is 0 Å². The van der Waals surface area contributed by atoms with Crippen LogP contribution in [0.15, 0.2) is 29.2 Å². The summed E-state index contributed by atoms with van der Waals surface area (Å²) in [6, 6.07) is 4.04. The first-order valence-corrected chi connectivity index (χ1v) is 8.13. The van der Waals surface area contributed by atoms with Crippen LogP contribution in [-0.2, 0) is 16.2 Å². The molecule has 3 rings (SSSR count). The number of nitrogens with zero attached hydrogens (tertiary/aromatic N) is 1. The van der Waals surface area contributed by atoms with Gasteiger partial charge in [-0.2, -0.15) is 17.5 Å². The minimum atomic E-state index is -4.55. The normalized spacial score (nSPS) is 27.0. The third-order valence-electron chi connectivity index (χ3n) is 4.13. The Balaban J connectivity index is 1.89. The Morgan fingerprint density at radius 2 is 2.00 bits per heavy atom. The molecule has 0 spiro atoms. The molecule has 2 saturated heterocycles. The molecule has 1 aromatic rings. The second kappa shape index (κ2) is 4.96. The van der Waals surface area contributed by atoms with E-state index in [1.165, 1.54) is 10.4 Å². The zero-order valence-corrected chi connectivity index (χ0v) is 11.9. The Morgan fingerprint density at radius 3 is 2.67 bits per heavy atom. The number of hydrogen-bond donors (Lipinski definition) is 1. The molecule has 0 unspecified atom stereocenters. The first-order chi connectivity index (χ1) is 9.78. The molecule has 0 aliphatic carbocycles. The molecule has 2 fully saturated rings. The van der Waals surface area contributed by atoms with Crippen molar-refractivity contribution in [2.75, 3.05) is 19.6 Å². The lowest BCUT2D eigenvalue weighted by Gasteiger charge is -2.18. The lowest BCUT2D eigenvalue weighted by molar-refractivity contribution is -0.137. The number of halogens is 3. The van der Waals surface area contributed by atoms with Gasteiger partial charge in [0.05, 0.1) is 10.5 Å². The van der Waals surface area contributed by atoms with Gasteiger partial charge in [-0.3, -0.25) is 0 Å². The Labute approximate surface area is 121 Å². The average molecular weight is 320 g/mol. The summed E-state index contributed by atoms with van der Waals surface area (Å²) in [6.45, 7) is 1.56. The summed E-state index contributed by atoms with van der Waals surface area (Å²) in [4.78, 5) is -0.294. The smallest absolute Gasteiger partial charge is 0.312 e. The number of sulfonamides is 1. The Kier molecular flexibility index (Phi) is 3.50. The highest BCUT2D eigenvalue weighted by atomic mass is 32.2. The number of fused-ring (bicyclic) bond motifs is 1. The van der Waals surface area contributed by atoms with Crippen molar-refractivity contribution < 1.29 is 21.6 Å². The molecule has 1 N–H and O–H groups in total. The van der Waals surface area contributed by atoms with Crippen LogP contribution in [0.5, 0.6) is 0 Å². The molecule has 2 atom stereocenters. The van der Waals surface area contributed by atoms with E-state index in [9.17, 15) is 21.6 Å². The van der Waals surface area contributed by atoms with Gasteiger partial charge >= 0.3 is 6.18 Å². The molecule has 21 heavy (non-hydrogen) atoms. The summed E-state index contributed by atoms with van der Waals surface area (Å²) in [7, 11) is -3.87. The molecule has 0 amide bonds. The molecule has 2 aliphatic heterocycles. The predicted octanol–water partition coefficient (Wildman–Crippen LogP) is 1.69. The lowest BCUT2D eigenvalue weighted by atomic mass is 10.1. The molecule has 0 aromatic heterocycles. The van der Waals surface area contributed by atoms with Gasteiger partial charge in [-0.05, 0) is 37.1 Å². The number of benzene rings is 1. The predicted molar refractivity (Wildman–Crippen MR) is 70.1 cm³/mol. The monoisotopic (exact) mass is 320 g/mol. The van der Waals surface area contributed by atoms with Crippen molar-refractivity contribution in [3.05, 3.63) is 29.8 Å². The van der Waals surface area contributed by atoms with E-state index in [-0.39, 0.29) is 16.9 Å². The van der Waals surface area contributed by atoms with E-state index >= 15 is 0 Å². The van der Waals surface area contributed by atoms with Gasteiger partial charge in [-0.1, -0.05) is 6.07 Å². The van der Waals surface area contributed by atoms with Gasteiger partial charge in [0.2, 0.25) is 10.0 Å². The van der Waals surface area contributed by atoms with Gasteiger partial charge < -0.3 is 5.32 Å². The number of hydrogen-bond acceptors (Lipinski definition) is 3. The van der Waals surface area contributed by atoms with E-state index in [0.29, 0.717) is 19.2 Å². The van der Waals surface area contributed by atoms with Gasteiger partial charge in [-0.25, -0.2) is 8.42 Å². The van der Waals surface area contributed by atoms with Gasteiger partial charge in [0, 0.05) is 19.1 Å². The van der Waals surface area contributed by atoms with Gasteiger partial charge in [0.25, 0.3) is 0 Å². The first kappa shape index (κ1) is 14.8. The van der Waals surface area contributed by atoms with Crippen LogP contribution in [-0.4, -0.2) is 38.4 Å². The maximum Gasteiger partial charge on any atom is 0.416 e. The number of alkyl halides is 3. The van der Waals surface area contributed by atoms with Crippen molar-refractivity contribution in [3.8, 4) is 0 Å². The van der Waals surface area contributed by atoms with Gasteiger partial charge in [-0.15, -0.1) is 0 Å². The molecule has 8 heteroatoms. The van der Waals surface area contributed by atoms with Crippen molar-refractivity contribution in [3.63, 3.8) is 0 Å². The summed E-state index contributed by atoms with van der Waals surface area (Å²) < 4.78 is 64.3. The summed E-state index contributed by atoms with van der Waals surface area (Å²) >= 11 is 0. The van der Waals surface area contributed by atoms with E-state index in [1.54, 1.807) is 0 Å². The summed E-state index contributed by atoms with van der Waals surface area (Å²) in [5, 5.41) is 3.22. The van der Waals surface area contributed by atoms with Crippen LogP contribution in [0.4, 0.5) is 13.2 Å². The Hall–Kier alpha value is -1.12.